The lowest BCUT2D eigenvalue weighted by Gasteiger charge is -2.20. The van der Waals surface area contributed by atoms with Crippen molar-refractivity contribution in [1.82, 2.24) is 0 Å². The summed E-state index contributed by atoms with van der Waals surface area (Å²) < 4.78 is 0.844. The molecule has 1 N–H and O–H groups in total. The van der Waals surface area contributed by atoms with Crippen LogP contribution in [0.15, 0.2) is 53.0 Å². The molecule has 2 aromatic rings. The summed E-state index contributed by atoms with van der Waals surface area (Å²) >= 11 is 3.50. The highest BCUT2D eigenvalue weighted by molar-refractivity contribution is 9.10. The number of nitrogens with zero attached hydrogens (tertiary/aromatic N) is 1. The molecule has 0 amide bonds. The van der Waals surface area contributed by atoms with E-state index in [-0.39, 0.29) is 0 Å². The maximum absolute atomic E-state index is 11.0. The quantitative estimate of drug-likeness (QED) is 0.908. The summed E-state index contributed by atoms with van der Waals surface area (Å²) in [4.78, 5) is 13.3. The molecule has 1 heterocycles. The van der Waals surface area contributed by atoms with E-state index in [1.807, 2.05) is 12.1 Å². The summed E-state index contributed by atoms with van der Waals surface area (Å²) in [7, 11) is 0. The Morgan fingerprint density at radius 1 is 1.19 bits per heavy atom. The zero-order chi connectivity index (χ0) is 14.8. The van der Waals surface area contributed by atoms with Gasteiger partial charge in [0.15, 0.2) is 0 Å². The molecule has 0 aromatic heterocycles. The van der Waals surface area contributed by atoms with Crippen LogP contribution in [0.3, 0.4) is 0 Å². The summed E-state index contributed by atoms with van der Waals surface area (Å²) in [6.07, 6.45) is 1.12. The van der Waals surface area contributed by atoms with E-state index in [9.17, 15) is 4.79 Å². The molecular weight excluding hydrogens is 330 g/mol. The zero-order valence-corrected chi connectivity index (χ0v) is 13.1. The van der Waals surface area contributed by atoms with Crippen LogP contribution in [0, 0.1) is 0 Å². The van der Waals surface area contributed by atoms with Crippen LogP contribution in [0.4, 0.5) is 5.69 Å². The molecule has 1 unspecified atom stereocenters. The van der Waals surface area contributed by atoms with Gasteiger partial charge >= 0.3 is 5.97 Å². The monoisotopic (exact) mass is 345 g/mol. The van der Waals surface area contributed by atoms with Crippen molar-refractivity contribution < 1.29 is 9.90 Å². The third kappa shape index (κ3) is 2.95. The Labute approximate surface area is 132 Å². The van der Waals surface area contributed by atoms with E-state index in [1.165, 1.54) is 5.56 Å². The molecule has 0 aliphatic carbocycles. The van der Waals surface area contributed by atoms with Crippen molar-refractivity contribution in [3.63, 3.8) is 0 Å². The van der Waals surface area contributed by atoms with Gasteiger partial charge in [-0.05, 0) is 46.1 Å². The molecule has 1 aliphatic heterocycles. The molecule has 2 aromatic carbocycles. The number of carbonyl (C=O) groups is 1. The number of hydrogen-bond acceptors (Lipinski definition) is 2. The third-order valence-electron chi connectivity index (χ3n) is 3.99. The first-order valence-corrected chi connectivity index (χ1v) is 7.77. The predicted octanol–water partition coefficient (Wildman–Crippen LogP) is 4.14. The first kappa shape index (κ1) is 14.1. The minimum Gasteiger partial charge on any atom is -0.478 e. The summed E-state index contributed by atoms with van der Waals surface area (Å²) in [6.45, 7) is 1.96. The molecule has 3 nitrogen and oxygen atoms in total. The van der Waals surface area contributed by atoms with Gasteiger partial charge in [-0.15, -0.1) is 0 Å². The van der Waals surface area contributed by atoms with E-state index in [2.05, 4.69) is 45.1 Å². The first-order chi connectivity index (χ1) is 10.1. The minimum atomic E-state index is -0.897. The van der Waals surface area contributed by atoms with Crippen LogP contribution in [0.2, 0.25) is 0 Å². The molecule has 4 heteroatoms. The fourth-order valence-electron chi connectivity index (χ4n) is 2.87. The highest BCUT2D eigenvalue weighted by atomic mass is 79.9. The minimum absolute atomic E-state index is 0.310. The first-order valence-electron chi connectivity index (χ1n) is 6.98. The van der Waals surface area contributed by atoms with Crippen molar-refractivity contribution in [2.24, 2.45) is 0 Å². The molecule has 1 aliphatic rings. The zero-order valence-electron chi connectivity index (χ0n) is 11.5. The molecule has 0 radical (unpaired) electrons. The van der Waals surface area contributed by atoms with E-state index in [0.29, 0.717) is 11.5 Å². The molecule has 108 valence electrons. The van der Waals surface area contributed by atoms with E-state index >= 15 is 0 Å². The largest absolute Gasteiger partial charge is 0.478 e. The molecular formula is C17H16BrNO2. The van der Waals surface area contributed by atoms with Gasteiger partial charge in [0.05, 0.1) is 11.3 Å². The number of aromatic carboxylic acids is 1. The molecule has 1 saturated heterocycles. The predicted molar refractivity (Wildman–Crippen MR) is 87.1 cm³/mol. The second kappa shape index (κ2) is 5.90. The highest BCUT2D eigenvalue weighted by Crippen LogP contribution is 2.34. The van der Waals surface area contributed by atoms with Crippen molar-refractivity contribution in [2.75, 3.05) is 18.0 Å². The van der Waals surface area contributed by atoms with Crippen molar-refractivity contribution in [2.45, 2.75) is 12.3 Å². The number of rotatable bonds is 3. The lowest BCUT2D eigenvalue weighted by molar-refractivity contribution is 0.0697. The average Bonchev–Trinajstić information content (AvgIpc) is 2.97. The van der Waals surface area contributed by atoms with E-state index < -0.39 is 5.97 Å². The van der Waals surface area contributed by atoms with Gasteiger partial charge in [-0.25, -0.2) is 4.79 Å². The maximum atomic E-state index is 11.0. The molecule has 0 spiro atoms. The Hall–Kier alpha value is -1.81. The SMILES string of the molecule is O=C(O)c1ccc(N2CCC(c3ccccc3)C2)c(Br)c1. The van der Waals surface area contributed by atoms with E-state index in [0.717, 1.165) is 29.7 Å². The lowest BCUT2D eigenvalue weighted by atomic mass is 9.99. The number of hydrogen-bond donors (Lipinski definition) is 1. The van der Waals surface area contributed by atoms with Crippen LogP contribution < -0.4 is 4.90 Å². The van der Waals surface area contributed by atoms with Crippen molar-refractivity contribution in [3.05, 3.63) is 64.1 Å². The summed E-state index contributed by atoms with van der Waals surface area (Å²) in [5.41, 5.74) is 2.75. The summed E-state index contributed by atoms with van der Waals surface area (Å²) in [6, 6.07) is 15.8. The Morgan fingerprint density at radius 2 is 1.95 bits per heavy atom. The fraction of sp³-hybridized carbons (Fsp3) is 0.235. The van der Waals surface area contributed by atoms with E-state index in [1.54, 1.807) is 12.1 Å². The fourth-order valence-corrected chi connectivity index (χ4v) is 3.50. The van der Waals surface area contributed by atoms with Gasteiger partial charge in [-0.2, -0.15) is 0 Å². The van der Waals surface area contributed by atoms with E-state index in [4.69, 9.17) is 5.11 Å². The van der Waals surface area contributed by atoms with Gasteiger partial charge in [0.1, 0.15) is 0 Å². The van der Waals surface area contributed by atoms with Crippen LogP contribution >= 0.6 is 15.9 Å². The molecule has 3 rings (SSSR count). The van der Waals surface area contributed by atoms with Gasteiger partial charge in [-0.1, -0.05) is 30.3 Å². The standard InChI is InChI=1S/C17H16BrNO2/c18-15-10-13(17(20)21)6-7-16(15)19-9-8-14(11-19)12-4-2-1-3-5-12/h1-7,10,14H,8-9,11H2,(H,20,21). The third-order valence-corrected chi connectivity index (χ3v) is 4.63. The Bertz CT molecular complexity index is 657. The lowest BCUT2D eigenvalue weighted by Crippen LogP contribution is -2.19. The second-order valence-electron chi connectivity index (χ2n) is 5.31. The number of benzene rings is 2. The summed E-state index contributed by atoms with van der Waals surface area (Å²) in [5, 5.41) is 9.02. The van der Waals surface area contributed by atoms with Crippen LogP contribution in [-0.4, -0.2) is 24.2 Å². The Kier molecular flexibility index (Phi) is 3.97. The number of carboxylic acid groups (broad SMARTS) is 1. The topological polar surface area (TPSA) is 40.5 Å². The smallest absolute Gasteiger partial charge is 0.335 e. The normalized spacial score (nSPS) is 18.0. The second-order valence-corrected chi connectivity index (χ2v) is 6.17. The number of carboxylic acids is 1. The van der Waals surface area contributed by atoms with Crippen LogP contribution in [0.25, 0.3) is 0 Å². The van der Waals surface area contributed by atoms with Crippen molar-refractivity contribution in [1.29, 1.82) is 0 Å². The molecule has 0 bridgehead atoms. The van der Waals surface area contributed by atoms with Crippen LogP contribution in [-0.2, 0) is 0 Å². The van der Waals surface area contributed by atoms with Crippen LogP contribution in [0.5, 0.6) is 0 Å². The average molecular weight is 346 g/mol. The van der Waals surface area contributed by atoms with Gasteiger partial charge in [0.25, 0.3) is 0 Å². The van der Waals surface area contributed by atoms with Gasteiger partial charge in [-0.3, -0.25) is 0 Å². The molecule has 0 saturated carbocycles. The molecule has 21 heavy (non-hydrogen) atoms. The van der Waals surface area contributed by atoms with Crippen LogP contribution in [0.1, 0.15) is 28.3 Å². The molecule has 1 atom stereocenters. The summed E-state index contributed by atoms with van der Waals surface area (Å²) in [5.74, 6) is -0.358. The van der Waals surface area contributed by atoms with Gasteiger partial charge < -0.3 is 10.0 Å². The highest BCUT2D eigenvalue weighted by Gasteiger charge is 2.25. The van der Waals surface area contributed by atoms with Gasteiger partial charge in [0, 0.05) is 23.5 Å². The Morgan fingerprint density at radius 3 is 2.62 bits per heavy atom. The number of halogens is 1. The molecule has 1 fully saturated rings. The maximum Gasteiger partial charge on any atom is 0.335 e. The van der Waals surface area contributed by atoms with Gasteiger partial charge in [0.2, 0.25) is 0 Å². The number of anilines is 1. The van der Waals surface area contributed by atoms with Crippen molar-refractivity contribution >= 4 is 27.6 Å². The van der Waals surface area contributed by atoms with Crippen molar-refractivity contribution in [3.8, 4) is 0 Å². The Balaban J connectivity index is 1.79.